The summed E-state index contributed by atoms with van der Waals surface area (Å²) in [7, 11) is 0. The number of aliphatic hydroxyl groups excluding tert-OH is 1. The SMILES string of the molecule is Cc1ccccc1CCNC(=O)NCCCO. The monoisotopic (exact) mass is 236 g/mol. The molecule has 0 atom stereocenters. The van der Waals surface area contributed by atoms with E-state index >= 15 is 0 Å². The van der Waals surface area contributed by atoms with Gasteiger partial charge in [-0.3, -0.25) is 0 Å². The number of amides is 2. The molecular weight excluding hydrogens is 216 g/mol. The standard InChI is InChI=1S/C13H20N2O2/c1-11-5-2-3-6-12(11)7-9-15-13(17)14-8-4-10-16/h2-3,5-6,16H,4,7-10H2,1H3,(H2,14,15,17). The van der Waals surface area contributed by atoms with Gasteiger partial charge in [0.2, 0.25) is 0 Å². The number of aliphatic hydroxyl groups is 1. The van der Waals surface area contributed by atoms with Gasteiger partial charge in [0.15, 0.2) is 0 Å². The molecule has 2 amide bonds. The Morgan fingerprint density at radius 2 is 1.94 bits per heavy atom. The number of benzene rings is 1. The molecule has 4 heteroatoms. The van der Waals surface area contributed by atoms with E-state index in [9.17, 15) is 4.79 Å². The molecule has 0 fully saturated rings. The van der Waals surface area contributed by atoms with Crippen LogP contribution in [0.5, 0.6) is 0 Å². The summed E-state index contributed by atoms with van der Waals surface area (Å²) in [5.41, 5.74) is 2.50. The Morgan fingerprint density at radius 1 is 1.24 bits per heavy atom. The molecule has 0 bridgehead atoms. The maximum absolute atomic E-state index is 11.3. The van der Waals surface area contributed by atoms with E-state index in [4.69, 9.17) is 5.11 Å². The fraction of sp³-hybridized carbons (Fsp3) is 0.462. The molecule has 0 spiro atoms. The number of hydrogen-bond acceptors (Lipinski definition) is 2. The summed E-state index contributed by atoms with van der Waals surface area (Å²) in [5, 5.41) is 14.0. The van der Waals surface area contributed by atoms with Crippen LogP contribution >= 0.6 is 0 Å². The predicted octanol–water partition coefficient (Wildman–Crippen LogP) is 1.22. The van der Waals surface area contributed by atoms with Crippen molar-refractivity contribution in [2.45, 2.75) is 19.8 Å². The summed E-state index contributed by atoms with van der Waals surface area (Å²) in [6.45, 7) is 3.29. The Bertz CT molecular complexity index is 353. The second kappa shape index (κ2) is 7.68. The van der Waals surface area contributed by atoms with Gasteiger partial charge >= 0.3 is 6.03 Å². The van der Waals surface area contributed by atoms with E-state index in [1.807, 2.05) is 12.1 Å². The van der Waals surface area contributed by atoms with Crippen molar-refractivity contribution in [3.05, 3.63) is 35.4 Å². The van der Waals surface area contributed by atoms with Crippen LogP contribution in [0.25, 0.3) is 0 Å². The lowest BCUT2D eigenvalue weighted by atomic mass is 10.1. The first-order valence-corrected chi connectivity index (χ1v) is 5.91. The van der Waals surface area contributed by atoms with Crippen molar-refractivity contribution in [2.75, 3.05) is 19.7 Å². The Kier molecular flexibility index (Phi) is 6.10. The van der Waals surface area contributed by atoms with Crippen LogP contribution < -0.4 is 10.6 Å². The van der Waals surface area contributed by atoms with Gasteiger partial charge in [0.05, 0.1) is 0 Å². The lowest BCUT2D eigenvalue weighted by Crippen LogP contribution is -2.37. The number of hydrogen-bond donors (Lipinski definition) is 3. The van der Waals surface area contributed by atoms with Crippen molar-refractivity contribution in [3.63, 3.8) is 0 Å². The minimum Gasteiger partial charge on any atom is -0.396 e. The van der Waals surface area contributed by atoms with E-state index in [2.05, 4.69) is 29.7 Å². The molecule has 1 rings (SSSR count). The van der Waals surface area contributed by atoms with Crippen molar-refractivity contribution >= 4 is 6.03 Å². The Labute approximate surface area is 102 Å². The fourth-order valence-corrected chi connectivity index (χ4v) is 1.54. The van der Waals surface area contributed by atoms with E-state index in [0.29, 0.717) is 19.5 Å². The van der Waals surface area contributed by atoms with E-state index in [-0.39, 0.29) is 12.6 Å². The van der Waals surface area contributed by atoms with Crippen molar-refractivity contribution in [3.8, 4) is 0 Å². The first kappa shape index (κ1) is 13.5. The summed E-state index contributed by atoms with van der Waals surface area (Å²) in [5.74, 6) is 0. The van der Waals surface area contributed by atoms with Crippen LogP contribution in [0.2, 0.25) is 0 Å². The zero-order chi connectivity index (χ0) is 12.5. The zero-order valence-corrected chi connectivity index (χ0v) is 10.2. The second-order valence-corrected chi connectivity index (χ2v) is 3.94. The molecule has 0 saturated heterocycles. The van der Waals surface area contributed by atoms with E-state index in [1.165, 1.54) is 11.1 Å². The van der Waals surface area contributed by atoms with Crippen LogP contribution in [0.15, 0.2) is 24.3 Å². The first-order chi connectivity index (χ1) is 8.24. The molecule has 3 N–H and O–H groups in total. The number of nitrogens with one attached hydrogen (secondary N) is 2. The predicted molar refractivity (Wildman–Crippen MR) is 68.0 cm³/mol. The summed E-state index contributed by atoms with van der Waals surface area (Å²) in [6.07, 6.45) is 1.42. The Balaban J connectivity index is 2.19. The van der Waals surface area contributed by atoms with Crippen molar-refractivity contribution in [1.29, 1.82) is 0 Å². The van der Waals surface area contributed by atoms with Gasteiger partial charge in [-0.25, -0.2) is 4.79 Å². The number of carbonyl (C=O) groups excluding carboxylic acids is 1. The third-order valence-corrected chi connectivity index (χ3v) is 2.56. The highest BCUT2D eigenvalue weighted by Gasteiger charge is 2.00. The van der Waals surface area contributed by atoms with Crippen LogP contribution in [0.4, 0.5) is 4.79 Å². The number of carbonyl (C=O) groups is 1. The van der Waals surface area contributed by atoms with E-state index < -0.39 is 0 Å². The van der Waals surface area contributed by atoms with Crippen molar-refractivity contribution < 1.29 is 9.90 Å². The molecule has 0 heterocycles. The highest BCUT2D eigenvalue weighted by Crippen LogP contribution is 2.06. The molecule has 0 aliphatic heterocycles. The minimum atomic E-state index is -0.174. The lowest BCUT2D eigenvalue weighted by Gasteiger charge is -2.08. The van der Waals surface area contributed by atoms with Gasteiger partial charge in [-0.1, -0.05) is 24.3 Å². The van der Waals surface area contributed by atoms with Gasteiger partial charge in [-0.05, 0) is 30.9 Å². The van der Waals surface area contributed by atoms with E-state index in [0.717, 1.165) is 6.42 Å². The zero-order valence-electron chi connectivity index (χ0n) is 10.2. The average Bonchev–Trinajstić information content (AvgIpc) is 2.32. The lowest BCUT2D eigenvalue weighted by molar-refractivity contribution is 0.238. The molecule has 0 aliphatic rings. The number of aryl methyl sites for hydroxylation is 1. The van der Waals surface area contributed by atoms with Gasteiger partial charge in [-0.15, -0.1) is 0 Å². The Morgan fingerprint density at radius 3 is 2.65 bits per heavy atom. The molecule has 94 valence electrons. The molecule has 1 aromatic carbocycles. The van der Waals surface area contributed by atoms with Gasteiger partial charge in [-0.2, -0.15) is 0 Å². The van der Waals surface area contributed by atoms with Gasteiger partial charge in [0.1, 0.15) is 0 Å². The van der Waals surface area contributed by atoms with Gasteiger partial charge in [0.25, 0.3) is 0 Å². The summed E-state index contributed by atoms with van der Waals surface area (Å²) < 4.78 is 0. The maximum atomic E-state index is 11.3. The topological polar surface area (TPSA) is 61.4 Å². The molecule has 17 heavy (non-hydrogen) atoms. The number of urea groups is 1. The summed E-state index contributed by atoms with van der Waals surface area (Å²) in [6, 6.07) is 7.97. The van der Waals surface area contributed by atoms with Crippen molar-refractivity contribution in [1.82, 2.24) is 10.6 Å². The largest absolute Gasteiger partial charge is 0.396 e. The molecule has 1 aromatic rings. The van der Waals surface area contributed by atoms with Crippen molar-refractivity contribution in [2.24, 2.45) is 0 Å². The molecule has 0 unspecified atom stereocenters. The first-order valence-electron chi connectivity index (χ1n) is 5.91. The molecule has 0 radical (unpaired) electrons. The third-order valence-electron chi connectivity index (χ3n) is 2.56. The summed E-state index contributed by atoms with van der Waals surface area (Å²) in [4.78, 5) is 11.3. The minimum absolute atomic E-state index is 0.101. The fourth-order valence-electron chi connectivity index (χ4n) is 1.54. The molecular formula is C13H20N2O2. The molecule has 0 aliphatic carbocycles. The quantitative estimate of drug-likeness (QED) is 0.650. The van der Waals surface area contributed by atoms with Gasteiger partial charge in [0, 0.05) is 19.7 Å². The van der Waals surface area contributed by atoms with Crippen LogP contribution in [0, 0.1) is 6.92 Å². The normalized spacial score (nSPS) is 10.0. The second-order valence-electron chi connectivity index (χ2n) is 3.94. The van der Waals surface area contributed by atoms with Crippen LogP contribution in [-0.2, 0) is 6.42 Å². The average molecular weight is 236 g/mol. The maximum Gasteiger partial charge on any atom is 0.314 e. The third kappa shape index (κ3) is 5.36. The van der Waals surface area contributed by atoms with Gasteiger partial charge < -0.3 is 15.7 Å². The Hall–Kier alpha value is -1.55. The molecule has 4 nitrogen and oxygen atoms in total. The van der Waals surface area contributed by atoms with E-state index in [1.54, 1.807) is 0 Å². The molecule has 0 saturated carbocycles. The van der Waals surface area contributed by atoms with Crippen LogP contribution in [0.1, 0.15) is 17.5 Å². The highest BCUT2D eigenvalue weighted by atomic mass is 16.3. The smallest absolute Gasteiger partial charge is 0.314 e. The number of rotatable bonds is 6. The summed E-state index contributed by atoms with van der Waals surface area (Å²) >= 11 is 0. The molecule has 0 aromatic heterocycles. The van der Waals surface area contributed by atoms with Crippen LogP contribution in [-0.4, -0.2) is 30.8 Å². The van der Waals surface area contributed by atoms with Crippen LogP contribution in [0.3, 0.4) is 0 Å². The highest BCUT2D eigenvalue weighted by molar-refractivity contribution is 5.73.